The van der Waals surface area contributed by atoms with E-state index in [1.807, 2.05) is 7.05 Å². The smallest absolute Gasteiger partial charge is 0.165 e. The zero-order valence-corrected chi connectivity index (χ0v) is 14.7. The van der Waals surface area contributed by atoms with Gasteiger partial charge in [0.25, 0.3) is 0 Å². The number of anilines is 1. The van der Waals surface area contributed by atoms with Crippen molar-refractivity contribution < 1.29 is 10.2 Å². The fourth-order valence-corrected chi connectivity index (χ4v) is 3.74. The average molecular weight is 353 g/mol. The Balaban J connectivity index is 2.05. The molecule has 0 radical (unpaired) electrons. The summed E-state index contributed by atoms with van der Waals surface area (Å²) in [6, 6.07) is 6.29. The van der Waals surface area contributed by atoms with Gasteiger partial charge >= 0.3 is 0 Å². The number of nitrogens with zero attached hydrogens (tertiary/aromatic N) is 3. The minimum Gasteiger partial charge on any atom is -0.508 e. The maximum atomic E-state index is 10.1. The van der Waals surface area contributed by atoms with E-state index in [0.29, 0.717) is 22.7 Å². The highest BCUT2D eigenvalue weighted by Crippen LogP contribution is 2.39. The Labute approximate surface area is 152 Å². The summed E-state index contributed by atoms with van der Waals surface area (Å²) in [6.07, 6.45) is 4.09. The lowest BCUT2D eigenvalue weighted by molar-refractivity contribution is 0.312. The highest BCUT2D eigenvalue weighted by molar-refractivity contribution is 5.68. The molecule has 136 valence electrons. The molecule has 1 saturated carbocycles. The van der Waals surface area contributed by atoms with Crippen LogP contribution >= 0.6 is 0 Å². The van der Waals surface area contributed by atoms with Crippen molar-refractivity contribution in [1.82, 2.24) is 15.3 Å². The van der Waals surface area contributed by atoms with Crippen molar-refractivity contribution in [3.63, 3.8) is 0 Å². The molecule has 0 aliphatic heterocycles. The summed E-state index contributed by atoms with van der Waals surface area (Å²) in [5.74, 6) is 0.929. The van der Waals surface area contributed by atoms with Crippen LogP contribution in [0, 0.1) is 17.2 Å². The van der Waals surface area contributed by atoms with E-state index in [2.05, 4.69) is 21.4 Å². The zero-order valence-electron chi connectivity index (χ0n) is 14.7. The van der Waals surface area contributed by atoms with Crippen molar-refractivity contribution in [1.29, 1.82) is 5.26 Å². The number of hydrogen-bond acceptors (Lipinski definition) is 7. The number of phenolic OH excluding ortho intramolecular Hbond substituents is 2. The molecule has 7 heteroatoms. The van der Waals surface area contributed by atoms with Crippen LogP contribution in [0.1, 0.15) is 42.9 Å². The van der Waals surface area contributed by atoms with E-state index in [-0.39, 0.29) is 29.1 Å². The van der Waals surface area contributed by atoms with E-state index < -0.39 is 0 Å². The molecule has 5 N–H and O–H groups in total. The number of rotatable bonds is 4. The van der Waals surface area contributed by atoms with E-state index in [4.69, 9.17) is 5.73 Å². The van der Waals surface area contributed by atoms with E-state index in [9.17, 15) is 15.5 Å². The van der Waals surface area contributed by atoms with Crippen LogP contribution in [-0.2, 0) is 0 Å². The summed E-state index contributed by atoms with van der Waals surface area (Å²) in [5, 5.41) is 32.6. The van der Waals surface area contributed by atoms with Crippen LogP contribution in [0.5, 0.6) is 11.5 Å². The number of nitrogens with one attached hydrogen (secondary N) is 1. The molecule has 1 aromatic carbocycles. The summed E-state index contributed by atoms with van der Waals surface area (Å²) in [6.45, 7) is 0.930. The zero-order chi connectivity index (χ0) is 18.7. The minimum atomic E-state index is -0.0467. The van der Waals surface area contributed by atoms with Crippen molar-refractivity contribution >= 4 is 5.82 Å². The lowest BCUT2D eigenvalue weighted by Gasteiger charge is -2.29. The van der Waals surface area contributed by atoms with Gasteiger partial charge in [0.15, 0.2) is 5.82 Å². The molecule has 2 atom stereocenters. The number of aromatic hydroxyl groups is 2. The number of nitrogens with two attached hydrogens (primary N) is 1. The third-order valence-electron chi connectivity index (χ3n) is 4.96. The fourth-order valence-electron chi connectivity index (χ4n) is 3.74. The molecule has 1 aromatic heterocycles. The average Bonchev–Trinajstić information content (AvgIpc) is 2.63. The van der Waals surface area contributed by atoms with Crippen LogP contribution in [0.3, 0.4) is 0 Å². The Bertz CT molecular complexity index is 845. The third-order valence-corrected chi connectivity index (χ3v) is 4.96. The summed E-state index contributed by atoms with van der Waals surface area (Å²) < 4.78 is 0. The van der Waals surface area contributed by atoms with Crippen molar-refractivity contribution in [2.24, 2.45) is 5.92 Å². The molecule has 0 spiro atoms. The lowest BCUT2D eigenvalue weighted by Crippen LogP contribution is -2.25. The van der Waals surface area contributed by atoms with Crippen molar-refractivity contribution in [2.45, 2.75) is 31.6 Å². The lowest BCUT2D eigenvalue weighted by atomic mass is 9.78. The number of nitriles is 1. The molecular weight excluding hydrogens is 330 g/mol. The molecule has 1 aliphatic carbocycles. The highest BCUT2D eigenvalue weighted by Gasteiger charge is 2.28. The molecule has 1 aliphatic rings. The van der Waals surface area contributed by atoms with Crippen LogP contribution in [0.2, 0.25) is 0 Å². The first-order valence-corrected chi connectivity index (χ1v) is 8.78. The first-order valence-electron chi connectivity index (χ1n) is 8.78. The van der Waals surface area contributed by atoms with Crippen molar-refractivity contribution in [3.8, 4) is 29.0 Å². The SMILES string of the molecule is CNCC1CCCC(c2nc(-c3cc(O)ccc3O)nc(N)c2C#N)C1. The number of nitrogen functional groups attached to an aromatic ring is 1. The van der Waals surface area contributed by atoms with Gasteiger partial charge in [0.2, 0.25) is 0 Å². The minimum absolute atomic E-state index is 0.00219. The van der Waals surface area contributed by atoms with E-state index in [1.54, 1.807) is 0 Å². The van der Waals surface area contributed by atoms with Gasteiger partial charge in [0, 0.05) is 5.92 Å². The quantitative estimate of drug-likeness (QED) is 0.622. The van der Waals surface area contributed by atoms with Gasteiger partial charge in [-0.3, -0.25) is 0 Å². The molecule has 0 saturated heterocycles. The summed E-state index contributed by atoms with van der Waals surface area (Å²) in [7, 11) is 1.94. The third kappa shape index (κ3) is 3.55. The number of phenols is 2. The summed E-state index contributed by atoms with van der Waals surface area (Å²) in [5.41, 5.74) is 7.27. The second-order valence-corrected chi connectivity index (χ2v) is 6.79. The van der Waals surface area contributed by atoms with Gasteiger partial charge in [-0.05, 0) is 57.0 Å². The second-order valence-electron chi connectivity index (χ2n) is 6.79. The van der Waals surface area contributed by atoms with Gasteiger partial charge in [-0.1, -0.05) is 6.42 Å². The van der Waals surface area contributed by atoms with Gasteiger partial charge in [0.1, 0.15) is 28.9 Å². The van der Waals surface area contributed by atoms with Crippen LogP contribution in [-0.4, -0.2) is 33.8 Å². The Morgan fingerprint density at radius 2 is 2.12 bits per heavy atom. The van der Waals surface area contributed by atoms with Crippen LogP contribution in [0.15, 0.2) is 18.2 Å². The molecular formula is C19H23N5O2. The van der Waals surface area contributed by atoms with Crippen molar-refractivity contribution in [2.75, 3.05) is 19.3 Å². The van der Waals surface area contributed by atoms with Crippen LogP contribution < -0.4 is 11.1 Å². The Morgan fingerprint density at radius 1 is 1.31 bits per heavy atom. The molecule has 7 nitrogen and oxygen atoms in total. The molecule has 1 fully saturated rings. The standard InChI is InChI=1S/C19H23N5O2/c1-22-10-11-3-2-4-12(7-11)17-15(9-20)18(21)24-19(23-17)14-8-13(25)5-6-16(14)26/h5-6,8,11-12,22,25-26H,2-4,7,10H2,1H3,(H2,21,23,24). The van der Waals surface area contributed by atoms with E-state index >= 15 is 0 Å². The molecule has 26 heavy (non-hydrogen) atoms. The first-order chi connectivity index (χ1) is 12.5. The predicted octanol–water partition coefficient (Wildman–Crippen LogP) is 2.50. The largest absolute Gasteiger partial charge is 0.508 e. The van der Waals surface area contributed by atoms with Gasteiger partial charge in [-0.2, -0.15) is 5.26 Å². The maximum absolute atomic E-state index is 10.1. The Hall–Kier alpha value is -2.85. The number of hydrogen-bond donors (Lipinski definition) is 4. The summed E-state index contributed by atoms with van der Waals surface area (Å²) >= 11 is 0. The first kappa shape index (κ1) is 18.0. The normalized spacial score (nSPS) is 19.8. The van der Waals surface area contributed by atoms with E-state index in [1.165, 1.54) is 18.2 Å². The topological polar surface area (TPSA) is 128 Å². The Morgan fingerprint density at radius 3 is 2.85 bits per heavy atom. The van der Waals surface area contributed by atoms with Crippen molar-refractivity contribution in [3.05, 3.63) is 29.5 Å². The predicted molar refractivity (Wildman–Crippen MR) is 98.6 cm³/mol. The summed E-state index contributed by atoms with van der Waals surface area (Å²) in [4.78, 5) is 8.78. The molecule has 0 bridgehead atoms. The highest BCUT2D eigenvalue weighted by atomic mass is 16.3. The van der Waals surface area contributed by atoms with Gasteiger partial charge < -0.3 is 21.3 Å². The number of benzene rings is 1. The van der Waals surface area contributed by atoms with Crippen LogP contribution in [0.25, 0.3) is 11.4 Å². The molecule has 1 heterocycles. The molecule has 0 amide bonds. The molecule has 3 rings (SSSR count). The number of aromatic nitrogens is 2. The maximum Gasteiger partial charge on any atom is 0.165 e. The van der Waals surface area contributed by atoms with Crippen LogP contribution in [0.4, 0.5) is 5.82 Å². The van der Waals surface area contributed by atoms with Gasteiger partial charge in [-0.25, -0.2) is 9.97 Å². The second kappa shape index (κ2) is 7.58. The monoisotopic (exact) mass is 353 g/mol. The molecule has 2 aromatic rings. The van der Waals surface area contributed by atoms with Gasteiger partial charge in [-0.15, -0.1) is 0 Å². The molecule has 2 unspecified atom stereocenters. The van der Waals surface area contributed by atoms with E-state index in [0.717, 1.165) is 32.2 Å². The van der Waals surface area contributed by atoms with Gasteiger partial charge in [0.05, 0.1) is 11.3 Å². The fraction of sp³-hybridized carbons (Fsp3) is 0.421. The Kier molecular flexibility index (Phi) is 5.24.